The average molecular weight is 271 g/mol. The molecule has 108 valence electrons. The largest absolute Gasteiger partial charge is 0.327 e. The van der Waals surface area contributed by atoms with Crippen LogP contribution in [0.1, 0.15) is 56.8 Å². The van der Waals surface area contributed by atoms with Crippen molar-refractivity contribution in [3.8, 4) is 0 Å². The fraction of sp³-hybridized carbons (Fsp3) is 0.588. The number of nitrogens with zero attached hydrogens (tertiary/aromatic N) is 2. The summed E-state index contributed by atoms with van der Waals surface area (Å²) < 4.78 is 2.32. The standard InChI is InChI=1S/C17H25N3/c1-3-20-15-9-8-13(2)12-14(15)19-16(20)17(18)10-6-4-5-7-11-17/h8-9,12H,3-7,10-11,18H2,1-2H3. The molecule has 0 unspecified atom stereocenters. The van der Waals surface area contributed by atoms with E-state index in [1.807, 2.05) is 0 Å². The average Bonchev–Trinajstić information content (AvgIpc) is 2.66. The van der Waals surface area contributed by atoms with Crippen molar-refractivity contribution in [2.24, 2.45) is 5.73 Å². The molecule has 2 aromatic rings. The van der Waals surface area contributed by atoms with Gasteiger partial charge in [0, 0.05) is 6.54 Å². The summed E-state index contributed by atoms with van der Waals surface area (Å²) in [5, 5.41) is 0. The molecule has 1 heterocycles. The highest BCUT2D eigenvalue weighted by Crippen LogP contribution is 2.35. The quantitative estimate of drug-likeness (QED) is 0.843. The molecule has 0 bridgehead atoms. The minimum absolute atomic E-state index is 0.237. The molecule has 2 N–H and O–H groups in total. The lowest BCUT2D eigenvalue weighted by Gasteiger charge is -2.28. The van der Waals surface area contributed by atoms with Crippen molar-refractivity contribution in [1.29, 1.82) is 0 Å². The van der Waals surface area contributed by atoms with E-state index in [2.05, 4.69) is 36.6 Å². The zero-order valence-electron chi connectivity index (χ0n) is 12.7. The van der Waals surface area contributed by atoms with Crippen LogP contribution in [-0.2, 0) is 12.1 Å². The van der Waals surface area contributed by atoms with Crippen molar-refractivity contribution < 1.29 is 0 Å². The lowest BCUT2D eigenvalue weighted by atomic mass is 9.90. The maximum atomic E-state index is 6.78. The third-order valence-electron chi connectivity index (χ3n) is 4.66. The van der Waals surface area contributed by atoms with Gasteiger partial charge in [0.05, 0.1) is 16.6 Å². The Bertz CT molecular complexity index is 604. The molecule has 1 saturated carbocycles. The van der Waals surface area contributed by atoms with Crippen LogP contribution in [0, 0.1) is 6.92 Å². The second kappa shape index (κ2) is 5.21. The van der Waals surface area contributed by atoms with Crippen molar-refractivity contribution in [3.63, 3.8) is 0 Å². The van der Waals surface area contributed by atoms with E-state index < -0.39 is 0 Å². The summed E-state index contributed by atoms with van der Waals surface area (Å²) in [5.74, 6) is 1.10. The maximum Gasteiger partial charge on any atom is 0.130 e. The molecule has 1 fully saturated rings. The summed E-state index contributed by atoms with van der Waals surface area (Å²) in [7, 11) is 0. The fourth-order valence-electron chi connectivity index (χ4n) is 3.52. The van der Waals surface area contributed by atoms with Gasteiger partial charge >= 0.3 is 0 Å². The van der Waals surface area contributed by atoms with E-state index in [0.717, 1.165) is 30.7 Å². The van der Waals surface area contributed by atoms with Crippen molar-refractivity contribution in [1.82, 2.24) is 9.55 Å². The van der Waals surface area contributed by atoms with E-state index in [1.165, 1.54) is 36.8 Å². The molecule has 0 aliphatic heterocycles. The Labute approximate surface area is 121 Å². The van der Waals surface area contributed by atoms with Crippen LogP contribution in [-0.4, -0.2) is 9.55 Å². The Morgan fingerprint density at radius 1 is 1.20 bits per heavy atom. The van der Waals surface area contributed by atoms with Crippen molar-refractivity contribution in [2.75, 3.05) is 0 Å². The highest BCUT2D eigenvalue weighted by atomic mass is 15.1. The zero-order valence-corrected chi connectivity index (χ0v) is 12.7. The van der Waals surface area contributed by atoms with Crippen LogP contribution >= 0.6 is 0 Å². The van der Waals surface area contributed by atoms with Gasteiger partial charge in [-0.1, -0.05) is 31.7 Å². The van der Waals surface area contributed by atoms with Gasteiger partial charge in [0.2, 0.25) is 0 Å². The summed E-state index contributed by atoms with van der Waals surface area (Å²) in [6, 6.07) is 6.52. The number of aryl methyl sites for hydroxylation is 2. The topological polar surface area (TPSA) is 43.8 Å². The normalized spacial score (nSPS) is 19.1. The monoisotopic (exact) mass is 271 g/mol. The van der Waals surface area contributed by atoms with Crippen LogP contribution in [0.5, 0.6) is 0 Å². The van der Waals surface area contributed by atoms with E-state index in [9.17, 15) is 0 Å². The van der Waals surface area contributed by atoms with Crippen LogP contribution in [0.25, 0.3) is 11.0 Å². The first-order chi connectivity index (χ1) is 9.64. The van der Waals surface area contributed by atoms with Gasteiger partial charge in [0.15, 0.2) is 0 Å². The fourth-order valence-corrected chi connectivity index (χ4v) is 3.52. The Kier molecular flexibility index (Phi) is 3.55. The molecule has 1 aliphatic rings. The molecule has 0 saturated heterocycles. The number of aromatic nitrogens is 2. The molecule has 3 rings (SSSR count). The Morgan fingerprint density at radius 2 is 1.90 bits per heavy atom. The molecule has 0 spiro atoms. The summed E-state index contributed by atoms with van der Waals surface area (Å²) in [6.45, 7) is 5.24. The maximum absolute atomic E-state index is 6.78. The first-order valence-corrected chi connectivity index (χ1v) is 7.90. The number of rotatable bonds is 2. The summed E-state index contributed by atoms with van der Waals surface area (Å²) in [6.07, 6.45) is 7.20. The lowest BCUT2D eigenvalue weighted by Crippen LogP contribution is -2.39. The van der Waals surface area contributed by atoms with E-state index >= 15 is 0 Å². The van der Waals surface area contributed by atoms with Gasteiger partial charge in [-0.15, -0.1) is 0 Å². The molecule has 3 nitrogen and oxygen atoms in total. The Hall–Kier alpha value is -1.35. The van der Waals surface area contributed by atoms with Gasteiger partial charge in [0.1, 0.15) is 5.82 Å². The Morgan fingerprint density at radius 3 is 2.55 bits per heavy atom. The number of fused-ring (bicyclic) bond motifs is 1. The number of hydrogen-bond donors (Lipinski definition) is 1. The molecular formula is C17H25N3. The minimum atomic E-state index is -0.237. The van der Waals surface area contributed by atoms with Crippen molar-refractivity contribution in [2.45, 2.75) is 64.5 Å². The van der Waals surface area contributed by atoms with Gasteiger partial charge in [0.25, 0.3) is 0 Å². The first-order valence-electron chi connectivity index (χ1n) is 7.90. The molecule has 0 radical (unpaired) electrons. The molecule has 0 amide bonds. The van der Waals surface area contributed by atoms with Gasteiger partial charge in [-0.3, -0.25) is 0 Å². The number of benzene rings is 1. The summed E-state index contributed by atoms with van der Waals surface area (Å²) >= 11 is 0. The molecule has 20 heavy (non-hydrogen) atoms. The van der Waals surface area contributed by atoms with Gasteiger partial charge in [-0.2, -0.15) is 0 Å². The predicted octanol–water partition coefficient (Wildman–Crippen LogP) is 3.87. The molecular weight excluding hydrogens is 246 g/mol. The number of hydrogen-bond acceptors (Lipinski definition) is 2. The number of nitrogens with two attached hydrogens (primary N) is 1. The van der Waals surface area contributed by atoms with E-state index in [0.29, 0.717) is 0 Å². The van der Waals surface area contributed by atoms with Gasteiger partial charge in [-0.25, -0.2) is 4.98 Å². The zero-order chi connectivity index (χ0) is 14.2. The summed E-state index contributed by atoms with van der Waals surface area (Å²) in [4.78, 5) is 4.92. The van der Waals surface area contributed by atoms with E-state index in [4.69, 9.17) is 10.7 Å². The molecule has 1 aromatic carbocycles. The molecule has 3 heteroatoms. The second-order valence-corrected chi connectivity index (χ2v) is 6.24. The summed E-state index contributed by atoms with van der Waals surface area (Å²) in [5.41, 5.74) is 10.1. The third kappa shape index (κ3) is 2.24. The van der Waals surface area contributed by atoms with E-state index in [1.54, 1.807) is 0 Å². The van der Waals surface area contributed by atoms with Crippen LogP contribution in [0.3, 0.4) is 0 Å². The van der Waals surface area contributed by atoms with Crippen molar-refractivity contribution >= 4 is 11.0 Å². The van der Waals surface area contributed by atoms with Crippen LogP contribution < -0.4 is 5.73 Å². The van der Waals surface area contributed by atoms with Crippen LogP contribution in [0.15, 0.2) is 18.2 Å². The predicted molar refractivity (Wildman–Crippen MR) is 83.7 cm³/mol. The lowest BCUT2D eigenvalue weighted by molar-refractivity contribution is 0.350. The smallest absolute Gasteiger partial charge is 0.130 e. The SMILES string of the molecule is CCn1c(C2(N)CCCCCC2)nc2cc(C)ccc21. The van der Waals surface area contributed by atoms with Crippen LogP contribution in [0.4, 0.5) is 0 Å². The molecule has 1 aromatic heterocycles. The third-order valence-corrected chi connectivity index (χ3v) is 4.66. The number of imidazole rings is 1. The van der Waals surface area contributed by atoms with Gasteiger partial charge in [-0.05, 0) is 44.4 Å². The second-order valence-electron chi connectivity index (χ2n) is 6.24. The molecule has 1 aliphatic carbocycles. The Balaban J connectivity index is 2.14. The highest BCUT2D eigenvalue weighted by molar-refractivity contribution is 5.77. The minimum Gasteiger partial charge on any atom is -0.327 e. The van der Waals surface area contributed by atoms with E-state index in [-0.39, 0.29) is 5.54 Å². The van der Waals surface area contributed by atoms with Crippen LogP contribution in [0.2, 0.25) is 0 Å². The molecule has 0 atom stereocenters. The van der Waals surface area contributed by atoms with Gasteiger partial charge < -0.3 is 10.3 Å². The van der Waals surface area contributed by atoms with Crippen molar-refractivity contribution in [3.05, 3.63) is 29.6 Å². The highest BCUT2D eigenvalue weighted by Gasteiger charge is 2.33. The first kappa shape index (κ1) is 13.6.